The molecule has 2 aromatic heterocycles. The van der Waals surface area contributed by atoms with Crippen LogP contribution in [0.4, 0.5) is 10.3 Å². The summed E-state index contributed by atoms with van der Waals surface area (Å²) in [5.74, 6) is 0. The standard InChI is InChI=1S/C4H4N6S4/c11-3-9-7-1(13-3)5-6-2-8-10-4(12)14-2/h(H,5,7)(H,6,8)(H,9,11)(H,10,12). The van der Waals surface area contributed by atoms with Gasteiger partial charge in [0, 0.05) is 0 Å². The summed E-state index contributed by atoms with van der Waals surface area (Å²) in [5, 5.41) is 14.4. The van der Waals surface area contributed by atoms with Gasteiger partial charge in [0.1, 0.15) is 0 Å². The molecule has 0 aliphatic carbocycles. The van der Waals surface area contributed by atoms with Gasteiger partial charge in [-0.05, 0) is 24.4 Å². The lowest BCUT2D eigenvalue weighted by atomic mass is 11.2. The Balaban J connectivity index is 2.01. The molecule has 2 heterocycles. The quantitative estimate of drug-likeness (QED) is 0.502. The van der Waals surface area contributed by atoms with Crippen molar-refractivity contribution in [3.8, 4) is 0 Å². The highest BCUT2D eigenvalue weighted by Gasteiger charge is 1.98. The van der Waals surface area contributed by atoms with Gasteiger partial charge in [-0.3, -0.25) is 21.0 Å². The smallest absolute Gasteiger partial charge is 0.222 e. The number of rotatable bonds is 3. The number of hydrogen-bond donors (Lipinski definition) is 4. The monoisotopic (exact) mass is 264 g/mol. The molecule has 0 unspecified atom stereocenters. The summed E-state index contributed by atoms with van der Waals surface area (Å²) in [4.78, 5) is 0. The molecule has 0 radical (unpaired) electrons. The van der Waals surface area contributed by atoms with E-state index < -0.39 is 0 Å². The van der Waals surface area contributed by atoms with Crippen molar-refractivity contribution in [2.24, 2.45) is 0 Å². The molecule has 0 saturated carbocycles. The molecule has 10 heteroatoms. The summed E-state index contributed by atoms with van der Waals surface area (Å²) in [5.41, 5.74) is 5.67. The van der Waals surface area contributed by atoms with Crippen LogP contribution >= 0.6 is 47.1 Å². The van der Waals surface area contributed by atoms with Gasteiger partial charge in [0.05, 0.1) is 0 Å². The zero-order chi connectivity index (χ0) is 9.97. The fourth-order valence-electron chi connectivity index (χ4n) is 0.674. The first-order valence-electron chi connectivity index (χ1n) is 3.37. The Hall–Kier alpha value is -0.840. The maximum absolute atomic E-state index is 4.86. The molecule has 0 amide bonds. The maximum atomic E-state index is 4.86. The Kier molecular flexibility index (Phi) is 2.86. The van der Waals surface area contributed by atoms with Crippen LogP contribution in [0.3, 0.4) is 0 Å². The lowest BCUT2D eigenvalue weighted by Gasteiger charge is -1.99. The van der Waals surface area contributed by atoms with Gasteiger partial charge < -0.3 is 0 Å². The van der Waals surface area contributed by atoms with Crippen LogP contribution in [0.5, 0.6) is 0 Å². The van der Waals surface area contributed by atoms with Crippen LogP contribution in [0.2, 0.25) is 0 Å². The molecule has 0 saturated heterocycles. The summed E-state index contributed by atoms with van der Waals surface area (Å²) in [7, 11) is 0. The lowest BCUT2D eigenvalue weighted by Crippen LogP contribution is -2.07. The van der Waals surface area contributed by atoms with E-state index >= 15 is 0 Å². The van der Waals surface area contributed by atoms with Gasteiger partial charge in [0.2, 0.25) is 10.3 Å². The molecule has 4 N–H and O–H groups in total. The van der Waals surface area contributed by atoms with Crippen LogP contribution in [-0.2, 0) is 0 Å². The Bertz CT molecular complexity index is 470. The number of hydrazine groups is 1. The van der Waals surface area contributed by atoms with Crippen LogP contribution in [-0.4, -0.2) is 20.4 Å². The van der Waals surface area contributed by atoms with Gasteiger partial charge >= 0.3 is 0 Å². The minimum atomic E-state index is 0.615. The zero-order valence-electron chi connectivity index (χ0n) is 6.53. The van der Waals surface area contributed by atoms with E-state index in [1.54, 1.807) is 0 Å². The van der Waals surface area contributed by atoms with Gasteiger partial charge in [-0.15, -0.1) is 10.2 Å². The highest BCUT2D eigenvalue weighted by atomic mass is 32.2. The van der Waals surface area contributed by atoms with E-state index in [1.165, 1.54) is 22.7 Å². The molecule has 0 spiro atoms. The van der Waals surface area contributed by atoms with E-state index in [9.17, 15) is 0 Å². The fraction of sp³-hybridized carbons (Fsp3) is 0. The van der Waals surface area contributed by atoms with E-state index in [-0.39, 0.29) is 0 Å². The topological polar surface area (TPSA) is 81.4 Å². The van der Waals surface area contributed by atoms with Crippen molar-refractivity contribution in [3.63, 3.8) is 0 Å². The summed E-state index contributed by atoms with van der Waals surface area (Å²) in [6.07, 6.45) is 0. The average molecular weight is 264 g/mol. The van der Waals surface area contributed by atoms with E-state index in [0.29, 0.717) is 18.2 Å². The largest absolute Gasteiger partial charge is 0.272 e. The molecule has 2 rings (SSSR count). The molecule has 0 aliphatic heterocycles. The van der Waals surface area contributed by atoms with Gasteiger partial charge in [0.25, 0.3) is 0 Å². The summed E-state index contributed by atoms with van der Waals surface area (Å²) in [6, 6.07) is 0. The van der Waals surface area contributed by atoms with Gasteiger partial charge in [0.15, 0.2) is 7.91 Å². The molecule has 0 atom stereocenters. The van der Waals surface area contributed by atoms with Crippen molar-refractivity contribution in [2.75, 3.05) is 10.9 Å². The normalized spacial score (nSPS) is 10.0. The lowest BCUT2D eigenvalue weighted by molar-refractivity contribution is 1.06. The second-order valence-corrected chi connectivity index (χ2v) is 5.42. The molecule has 14 heavy (non-hydrogen) atoms. The molecular weight excluding hydrogens is 260 g/mol. The third kappa shape index (κ3) is 2.35. The molecule has 0 fully saturated rings. The fourth-order valence-corrected chi connectivity index (χ4v) is 2.16. The number of H-pyrrole nitrogens is 2. The van der Waals surface area contributed by atoms with Gasteiger partial charge in [-0.1, -0.05) is 22.7 Å². The highest BCUT2D eigenvalue weighted by molar-refractivity contribution is 7.73. The van der Waals surface area contributed by atoms with Crippen molar-refractivity contribution in [2.45, 2.75) is 0 Å². The molecule has 0 aliphatic rings. The second-order valence-electron chi connectivity index (χ2n) is 2.09. The first kappa shape index (κ1) is 9.71. The van der Waals surface area contributed by atoms with Crippen LogP contribution in [0.1, 0.15) is 0 Å². The van der Waals surface area contributed by atoms with E-state index in [2.05, 4.69) is 31.2 Å². The third-order valence-electron chi connectivity index (χ3n) is 1.15. The summed E-state index contributed by atoms with van der Waals surface area (Å²) < 4.78 is 1.23. The first-order valence-corrected chi connectivity index (χ1v) is 5.82. The molecule has 74 valence electrons. The zero-order valence-corrected chi connectivity index (χ0v) is 9.79. The number of aromatic nitrogens is 4. The Morgan fingerprint density at radius 1 is 0.929 bits per heavy atom. The van der Waals surface area contributed by atoms with E-state index in [4.69, 9.17) is 24.4 Å². The van der Waals surface area contributed by atoms with Crippen molar-refractivity contribution >= 4 is 57.4 Å². The maximum Gasteiger partial charge on any atom is 0.222 e. The average Bonchev–Trinajstić information content (AvgIpc) is 2.72. The first-order chi connectivity index (χ1) is 6.74. The Morgan fingerprint density at radius 3 is 1.64 bits per heavy atom. The molecule has 2 aromatic rings. The second kappa shape index (κ2) is 4.13. The molecular formula is C4H4N6S4. The van der Waals surface area contributed by atoms with E-state index in [1.807, 2.05) is 0 Å². The van der Waals surface area contributed by atoms with Crippen molar-refractivity contribution in [1.82, 2.24) is 20.4 Å². The van der Waals surface area contributed by atoms with Crippen LogP contribution in [0, 0.1) is 7.91 Å². The number of anilines is 2. The Morgan fingerprint density at radius 2 is 1.36 bits per heavy atom. The van der Waals surface area contributed by atoms with Crippen LogP contribution < -0.4 is 10.9 Å². The SMILES string of the molecule is S=c1[nH]nc(NNc2n[nH]c(=S)s2)s1. The summed E-state index contributed by atoms with van der Waals surface area (Å²) in [6.45, 7) is 0. The van der Waals surface area contributed by atoms with Crippen molar-refractivity contribution in [3.05, 3.63) is 7.91 Å². The minimum absolute atomic E-state index is 0.615. The number of hydrogen-bond acceptors (Lipinski definition) is 8. The van der Waals surface area contributed by atoms with Crippen LogP contribution in [0.15, 0.2) is 0 Å². The highest BCUT2D eigenvalue weighted by Crippen LogP contribution is 2.14. The predicted octanol–water partition coefficient (Wildman–Crippen LogP) is 2.15. The van der Waals surface area contributed by atoms with E-state index in [0.717, 1.165) is 0 Å². The predicted molar refractivity (Wildman–Crippen MR) is 61.8 cm³/mol. The van der Waals surface area contributed by atoms with Crippen LogP contribution in [0.25, 0.3) is 0 Å². The van der Waals surface area contributed by atoms with Crippen molar-refractivity contribution < 1.29 is 0 Å². The molecule has 6 nitrogen and oxygen atoms in total. The number of nitrogens with one attached hydrogen (secondary N) is 4. The third-order valence-corrected chi connectivity index (χ3v) is 3.16. The number of nitrogens with zero attached hydrogens (tertiary/aromatic N) is 2. The summed E-state index contributed by atoms with van der Waals surface area (Å²) >= 11 is 12.4. The molecule has 0 aromatic carbocycles. The minimum Gasteiger partial charge on any atom is -0.272 e. The van der Waals surface area contributed by atoms with Gasteiger partial charge in [-0.2, -0.15) is 0 Å². The number of aromatic amines is 2. The van der Waals surface area contributed by atoms with Crippen molar-refractivity contribution in [1.29, 1.82) is 0 Å². The van der Waals surface area contributed by atoms with Gasteiger partial charge in [-0.25, -0.2) is 0 Å². The Labute approximate surface area is 96.4 Å². The molecule has 0 bridgehead atoms.